The molecule has 1 aromatic carbocycles. The highest BCUT2D eigenvalue weighted by Crippen LogP contribution is 2.33. The van der Waals surface area contributed by atoms with Gasteiger partial charge in [0.15, 0.2) is 0 Å². The standard InChI is InChI=1S/C17H17NO3S/c19-16(10-12-4-1-2-5-14(12)17(20)21)18-8-3-6-15(18)13-7-9-22-11-13/h1-2,4-5,7,9,11,15H,3,6,8,10H2,(H,20,21). The number of carbonyl (C=O) groups excluding carboxylic acids is 1. The van der Waals surface area contributed by atoms with Gasteiger partial charge < -0.3 is 10.0 Å². The van der Waals surface area contributed by atoms with Gasteiger partial charge in [-0.1, -0.05) is 18.2 Å². The molecule has 1 aromatic heterocycles. The Kier molecular flexibility index (Phi) is 4.24. The van der Waals surface area contributed by atoms with E-state index < -0.39 is 5.97 Å². The Hall–Kier alpha value is -2.14. The number of carboxylic acids is 1. The van der Waals surface area contributed by atoms with E-state index >= 15 is 0 Å². The largest absolute Gasteiger partial charge is 0.478 e. The molecule has 1 atom stereocenters. The van der Waals surface area contributed by atoms with E-state index in [9.17, 15) is 14.7 Å². The fourth-order valence-electron chi connectivity index (χ4n) is 3.02. The second-order valence-electron chi connectivity index (χ2n) is 5.44. The van der Waals surface area contributed by atoms with Crippen molar-refractivity contribution < 1.29 is 14.7 Å². The first kappa shape index (κ1) is 14.8. The van der Waals surface area contributed by atoms with Crippen molar-refractivity contribution in [1.82, 2.24) is 4.90 Å². The fraction of sp³-hybridized carbons (Fsp3) is 0.294. The monoisotopic (exact) mass is 315 g/mol. The third-order valence-corrected chi connectivity index (χ3v) is 4.79. The van der Waals surface area contributed by atoms with E-state index in [2.05, 4.69) is 11.4 Å². The zero-order valence-electron chi connectivity index (χ0n) is 12.1. The van der Waals surface area contributed by atoms with Crippen LogP contribution in [0.5, 0.6) is 0 Å². The van der Waals surface area contributed by atoms with Crippen LogP contribution in [0.3, 0.4) is 0 Å². The first-order chi connectivity index (χ1) is 10.7. The third-order valence-electron chi connectivity index (χ3n) is 4.09. The van der Waals surface area contributed by atoms with E-state index in [0.717, 1.165) is 19.4 Å². The maximum Gasteiger partial charge on any atom is 0.335 e. The Morgan fingerprint density at radius 2 is 2.09 bits per heavy atom. The van der Waals surface area contributed by atoms with Crippen LogP contribution in [0.2, 0.25) is 0 Å². The predicted molar refractivity (Wildman–Crippen MR) is 85.1 cm³/mol. The smallest absolute Gasteiger partial charge is 0.335 e. The van der Waals surface area contributed by atoms with Crippen LogP contribution in [0.15, 0.2) is 41.1 Å². The molecule has 1 fully saturated rings. The van der Waals surface area contributed by atoms with Crippen LogP contribution in [-0.4, -0.2) is 28.4 Å². The van der Waals surface area contributed by atoms with E-state index in [1.54, 1.807) is 35.6 Å². The molecule has 114 valence electrons. The van der Waals surface area contributed by atoms with Gasteiger partial charge in [-0.3, -0.25) is 4.79 Å². The average molecular weight is 315 g/mol. The molecule has 1 N–H and O–H groups in total. The Morgan fingerprint density at radius 3 is 2.82 bits per heavy atom. The summed E-state index contributed by atoms with van der Waals surface area (Å²) >= 11 is 1.63. The summed E-state index contributed by atoms with van der Waals surface area (Å²) in [5.74, 6) is -0.985. The molecule has 2 aromatic rings. The van der Waals surface area contributed by atoms with Gasteiger partial charge in [0.1, 0.15) is 0 Å². The highest BCUT2D eigenvalue weighted by Gasteiger charge is 2.30. The van der Waals surface area contributed by atoms with Crippen molar-refractivity contribution >= 4 is 23.2 Å². The van der Waals surface area contributed by atoms with Crippen LogP contribution in [0.1, 0.15) is 40.4 Å². The number of carboxylic acid groups (broad SMARTS) is 1. The van der Waals surface area contributed by atoms with Crippen molar-refractivity contribution in [3.8, 4) is 0 Å². The van der Waals surface area contributed by atoms with Crippen LogP contribution < -0.4 is 0 Å². The van der Waals surface area contributed by atoms with Crippen LogP contribution in [0.4, 0.5) is 0 Å². The number of carbonyl (C=O) groups is 2. The molecule has 0 bridgehead atoms. The lowest BCUT2D eigenvalue weighted by Gasteiger charge is -2.24. The average Bonchev–Trinajstić information content (AvgIpc) is 3.18. The number of hydrogen-bond donors (Lipinski definition) is 1. The van der Waals surface area contributed by atoms with Crippen LogP contribution >= 0.6 is 11.3 Å². The molecule has 1 amide bonds. The minimum Gasteiger partial charge on any atom is -0.478 e. The summed E-state index contributed by atoms with van der Waals surface area (Å²) in [5.41, 5.74) is 1.97. The summed E-state index contributed by atoms with van der Waals surface area (Å²) < 4.78 is 0. The molecule has 3 rings (SSSR count). The molecular weight excluding hydrogens is 298 g/mol. The second kappa shape index (κ2) is 6.32. The molecule has 1 aliphatic heterocycles. The van der Waals surface area contributed by atoms with Crippen molar-refractivity contribution in [2.45, 2.75) is 25.3 Å². The summed E-state index contributed by atoms with van der Waals surface area (Å²) in [6.45, 7) is 0.745. The van der Waals surface area contributed by atoms with Gasteiger partial charge in [-0.2, -0.15) is 11.3 Å². The van der Waals surface area contributed by atoms with E-state index in [-0.39, 0.29) is 23.9 Å². The van der Waals surface area contributed by atoms with Gasteiger partial charge in [-0.25, -0.2) is 4.79 Å². The zero-order valence-corrected chi connectivity index (χ0v) is 12.9. The molecule has 0 saturated carbocycles. The highest BCUT2D eigenvalue weighted by molar-refractivity contribution is 7.07. The van der Waals surface area contributed by atoms with Gasteiger partial charge in [-0.05, 0) is 46.9 Å². The molecule has 0 radical (unpaired) electrons. The van der Waals surface area contributed by atoms with Gasteiger partial charge in [0, 0.05) is 6.54 Å². The topological polar surface area (TPSA) is 57.6 Å². The van der Waals surface area contributed by atoms with Gasteiger partial charge >= 0.3 is 5.97 Å². The number of benzene rings is 1. The zero-order chi connectivity index (χ0) is 15.5. The molecular formula is C17H17NO3S. The maximum absolute atomic E-state index is 12.6. The molecule has 1 unspecified atom stereocenters. The molecule has 22 heavy (non-hydrogen) atoms. The number of nitrogens with zero attached hydrogens (tertiary/aromatic N) is 1. The van der Waals surface area contributed by atoms with Crippen LogP contribution in [0.25, 0.3) is 0 Å². The van der Waals surface area contributed by atoms with E-state index in [4.69, 9.17) is 0 Å². The molecule has 2 heterocycles. The van der Waals surface area contributed by atoms with E-state index in [1.807, 2.05) is 10.3 Å². The molecule has 0 aliphatic carbocycles. The molecule has 4 nitrogen and oxygen atoms in total. The molecule has 1 saturated heterocycles. The van der Waals surface area contributed by atoms with Crippen molar-refractivity contribution in [2.24, 2.45) is 0 Å². The number of rotatable bonds is 4. The van der Waals surface area contributed by atoms with Crippen molar-refractivity contribution in [3.63, 3.8) is 0 Å². The van der Waals surface area contributed by atoms with E-state index in [1.165, 1.54) is 5.56 Å². The number of hydrogen-bond acceptors (Lipinski definition) is 3. The number of aromatic carboxylic acids is 1. The fourth-order valence-corrected chi connectivity index (χ4v) is 3.73. The van der Waals surface area contributed by atoms with E-state index in [0.29, 0.717) is 5.56 Å². The first-order valence-electron chi connectivity index (χ1n) is 7.29. The normalized spacial score (nSPS) is 17.6. The summed E-state index contributed by atoms with van der Waals surface area (Å²) in [6.07, 6.45) is 2.11. The molecule has 0 spiro atoms. The lowest BCUT2D eigenvalue weighted by atomic mass is 10.0. The van der Waals surface area contributed by atoms with Crippen LogP contribution in [-0.2, 0) is 11.2 Å². The highest BCUT2D eigenvalue weighted by atomic mass is 32.1. The first-order valence-corrected chi connectivity index (χ1v) is 8.24. The second-order valence-corrected chi connectivity index (χ2v) is 6.22. The van der Waals surface area contributed by atoms with Gasteiger partial charge in [0.05, 0.1) is 18.0 Å². The van der Waals surface area contributed by atoms with Gasteiger partial charge in [0.25, 0.3) is 0 Å². The minimum absolute atomic E-state index is 0.00222. The number of likely N-dealkylation sites (tertiary alicyclic amines) is 1. The summed E-state index contributed by atoms with van der Waals surface area (Å²) in [5, 5.41) is 13.3. The van der Waals surface area contributed by atoms with Gasteiger partial charge in [0.2, 0.25) is 5.91 Å². The summed E-state index contributed by atoms with van der Waals surface area (Å²) in [7, 11) is 0. The molecule has 5 heteroatoms. The van der Waals surface area contributed by atoms with Crippen molar-refractivity contribution in [3.05, 3.63) is 57.8 Å². The Bertz CT molecular complexity index is 681. The Morgan fingerprint density at radius 1 is 1.27 bits per heavy atom. The summed E-state index contributed by atoms with van der Waals surface area (Å²) in [4.78, 5) is 25.8. The lowest BCUT2D eigenvalue weighted by Crippen LogP contribution is -2.32. The molecule has 1 aliphatic rings. The Balaban J connectivity index is 1.79. The number of thiophene rings is 1. The quantitative estimate of drug-likeness (QED) is 0.941. The summed E-state index contributed by atoms with van der Waals surface area (Å²) in [6, 6.07) is 8.92. The Labute approximate surface area is 133 Å². The lowest BCUT2D eigenvalue weighted by molar-refractivity contribution is -0.131. The van der Waals surface area contributed by atoms with Crippen molar-refractivity contribution in [2.75, 3.05) is 6.54 Å². The van der Waals surface area contributed by atoms with Crippen molar-refractivity contribution in [1.29, 1.82) is 0 Å². The SMILES string of the molecule is O=C(O)c1ccccc1CC(=O)N1CCCC1c1ccsc1. The number of amides is 1. The van der Waals surface area contributed by atoms with Gasteiger partial charge in [-0.15, -0.1) is 0 Å². The third kappa shape index (κ3) is 2.90. The minimum atomic E-state index is -0.987. The van der Waals surface area contributed by atoms with Crippen LogP contribution in [0, 0.1) is 0 Å². The predicted octanol–water partition coefficient (Wildman–Crippen LogP) is 3.35. The maximum atomic E-state index is 12.6.